The fourth-order valence-electron chi connectivity index (χ4n) is 1.24. The number of aromatic nitrogens is 2. The molecule has 5 heteroatoms. The maximum absolute atomic E-state index is 11.5. The number of nitrogens with one attached hydrogen (secondary N) is 1. The molecule has 2 aromatic rings. The van der Waals surface area contributed by atoms with Gasteiger partial charge in [-0.05, 0) is 5.56 Å². The molecular weight excluding hydrogens is 206 g/mol. The van der Waals surface area contributed by atoms with Crippen LogP contribution in [0.5, 0.6) is 0 Å². The van der Waals surface area contributed by atoms with E-state index < -0.39 is 0 Å². The highest BCUT2D eigenvalue weighted by Crippen LogP contribution is 2.00. The first kappa shape index (κ1) is 10.4. The van der Waals surface area contributed by atoms with Crippen LogP contribution in [-0.4, -0.2) is 16.1 Å². The molecule has 0 fully saturated rings. The highest BCUT2D eigenvalue weighted by atomic mass is 16.4. The van der Waals surface area contributed by atoms with Gasteiger partial charge in [-0.1, -0.05) is 30.3 Å². The van der Waals surface area contributed by atoms with Gasteiger partial charge in [-0.3, -0.25) is 4.79 Å². The first-order chi connectivity index (χ1) is 7.75. The van der Waals surface area contributed by atoms with Gasteiger partial charge < -0.3 is 9.73 Å². The van der Waals surface area contributed by atoms with Gasteiger partial charge in [0.2, 0.25) is 5.89 Å². The van der Waals surface area contributed by atoms with E-state index in [9.17, 15) is 4.79 Å². The number of amides is 1. The molecule has 0 saturated carbocycles. The first-order valence-corrected chi connectivity index (χ1v) is 4.88. The van der Waals surface area contributed by atoms with Crippen molar-refractivity contribution in [2.75, 3.05) is 0 Å². The zero-order chi connectivity index (χ0) is 11.4. The van der Waals surface area contributed by atoms with Crippen molar-refractivity contribution in [2.24, 2.45) is 0 Å². The zero-order valence-electron chi connectivity index (χ0n) is 8.80. The summed E-state index contributed by atoms with van der Waals surface area (Å²) in [4.78, 5) is 11.5. The molecule has 1 aromatic heterocycles. The van der Waals surface area contributed by atoms with Crippen molar-refractivity contribution in [3.63, 3.8) is 0 Å². The van der Waals surface area contributed by atoms with Gasteiger partial charge in [-0.15, -0.1) is 10.2 Å². The van der Waals surface area contributed by atoms with Gasteiger partial charge in [0.05, 0.1) is 0 Å². The Labute approximate surface area is 92.5 Å². The van der Waals surface area contributed by atoms with Gasteiger partial charge >= 0.3 is 11.8 Å². The highest BCUT2D eigenvalue weighted by Gasteiger charge is 2.12. The van der Waals surface area contributed by atoms with E-state index in [0.29, 0.717) is 12.4 Å². The van der Waals surface area contributed by atoms with Gasteiger partial charge in [0.15, 0.2) is 0 Å². The van der Waals surface area contributed by atoms with E-state index in [0.717, 1.165) is 5.56 Å². The summed E-state index contributed by atoms with van der Waals surface area (Å²) in [5.74, 6) is 0.0164. The largest absolute Gasteiger partial charge is 0.417 e. The van der Waals surface area contributed by atoms with Crippen molar-refractivity contribution in [1.29, 1.82) is 0 Å². The van der Waals surface area contributed by atoms with E-state index in [1.54, 1.807) is 6.92 Å². The van der Waals surface area contributed by atoms with Crippen LogP contribution in [0.25, 0.3) is 0 Å². The van der Waals surface area contributed by atoms with E-state index in [1.165, 1.54) is 0 Å². The van der Waals surface area contributed by atoms with Crippen LogP contribution in [0, 0.1) is 6.92 Å². The summed E-state index contributed by atoms with van der Waals surface area (Å²) in [7, 11) is 0. The second-order valence-electron chi connectivity index (χ2n) is 3.29. The molecule has 1 aromatic carbocycles. The Morgan fingerprint density at radius 2 is 2.06 bits per heavy atom. The van der Waals surface area contributed by atoms with Crippen molar-refractivity contribution in [1.82, 2.24) is 15.5 Å². The highest BCUT2D eigenvalue weighted by molar-refractivity contribution is 5.89. The predicted octanol–water partition coefficient (Wildman–Crippen LogP) is 1.31. The molecule has 0 aliphatic carbocycles. The third-order valence-corrected chi connectivity index (χ3v) is 2.02. The molecule has 16 heavy (non-hydrogen) atoms. The van der Waals surface area contributed by atoms with Gasteiger partial charge in [0.1, 0.15) is 0 Å². The first-order valence-electron chi connectivity index (χ1n) is 4.88. The quantitative estimate of drug-likeness (QED) is 0.841. The molecule has 0 radical (unpaired) electrons. The minimum Gasteiger partial charge on any atom is -0.417 e. The summed E-state index contributed by atoms with van der Waals surface area (Å²) in [6, 6.07) is 9.61. The molecule has 0 unspecified atom stereocenters. The molecule has 0 atom stereocenters. The third kappa shape index (κ3) is 2.44. The summed E-state index contributed by atoms with van der Waals surface area (Å²) in [6.07, 6.45) is 0. The number of nitrogens with zero attached hydrogens (tertiary/aromatic N) is 2. The predicted molar refractivity (Wildman–Crippen MR) is 56.6 cm³/mol. The fraction of sp³-hybridized carbons (Fsp3) is 0.182. The maximum atomic E-state index is 11.5. The SMILES string of the molecule is Cc1nnc(C(=O)NCc2ccccc2)o1. The normalized spacial score (nSPS) is 10.1. The van der Waals surface area contributed by atoms with Crippen molar-refractivity contribution in [3.8, 4) is 0 Å². The maximum Gasteiger partial charge on any atom is 0.309 e. The molecule has 1 amide bonds. The van der Waals surface area contributed by atoms with Crippen LogP contribution in [0.4, 0.5) is 0 Å². The van der Waals surface area contributed by atoms with Crippen LogP contribution in [0.2, 0.25) is 0 Å². The number of carbonyl (C=O) groups excluding carboxylic acids is 1. The van der Waals surface area contributed by atoms with E-state index in [4.69, 9.17) is 4.42 Å². The molecule has 0 aliphatic heterocycles. The van der Waals surface area contributed by atoms with Crippen LogP contribution < -0.4 is 5.32 Å². The molecule has 2 rings (SSSR count). The molecule has 0 spiro atoms. The van der Waals surface area contributed by atoms with E-state index in [-0.39, 0.29) is 11.8 Å². The summed E-state index contributed by atoms with van der Waals surface area (Å²) in [5, 5.41) is 9.91. The summed E-state index contributed by atoms with van der Waals surface area (Å²) >= 11 is 0. The topological polar surface area (TPSA) is 68.0 Å². The molecular formula is C11H11N3O2. The van der Waals surface area contributed by atoms with Crippen molar-refractivity contribution in [2.45, 2.75) is 13.5 Å². The monoisotopic (exact) mass is 217 g/mol. The van der Waals surface area contributed by atoms with Crippen molar-refractivity contribution >= 4 is 5.91 Å². The lowest BCUT2D eigenvalue weighted by atomic mass is 10.2. The number of hydrogen-bond donors (Lipinski definition) is 1. The van der Waals surface area contributed by atoms with Gasteiger partial charge in [0.25, 0.3) is 0 Å². The van der Waals surface area contributed by atoms with Crippen LogP contribution in [-0.2, 0) is 6.54 Å². The molecule has 0 bridgehead atoms. The Balaban J connectivity index is 1.94. The Kier molecular flexibility index (Phi) is 2.95. The van der Waals surface area contributed by atoms with Gasteiger partial charge in [0, 0.05) is 13.5 Å². The van der Waals surface area contributed by atoms with Crippen molar-refractivity contribution < 1.29 is 9.21 Å². The molecule has 5 nitrogen and oxygen atoms in total. The molecule has 82 valence electrons. The van der Waals surface area contributed by atoms with Gasteiger partial charge in [-0.2, -0.15) is 0 Å². The smallest absolute Gasteiger partial charge is 0.309 e. The lowest BCUT2D eigenvalue weighted by molar-refractivity contribution is 0.0915. The molecule has 0 saturated heterocycles. The summed E-state index contributed by atoms with van der Waals surface area (Å²) in [5.41, 5.74) is 1.02. The van der Waals surface area contributed by atoms with E-state index >= 15 is 0 Å². The summed E-state index contributed by atoms with van der Waals surface area (Å²) < 4.78 is 5.00. The average molecular weight is 217 g/mol. The van der Waals surface area contributed by atoms with Gasteiger partial charge in [-0.25, -0.2) is 0 Å². The lowest BCUT2D eigenvalue weighted by Gasteiger charge is -2.01. The van der Waals surface area contributed by atoms with Crippen LogP contribution >= 0.6 is 0 Å². The number of aryl methyl sites for hydroxylation is 1. The van der Waals surface area contributed by atoms with E-state index in [1.807, 2.05) is 30.3 Å². The average Bonchev–Trinajstić information content (AvgIpc) is 2.74. The second-order valence-corrected chi connectivity index (χ2v) is 3.29. The molecule has 1 heterocycles. The Morgan fingerprint density at radius 1 is 1.31 bits per heavy atom. The van der Waals surface area contributed by atoms with Crippen LogP contribution in [0.15, 0.2) is 34.7 Å². The molecule has 0 aliphatic rings. The zero-order valence-corrected chi connectivity index (χ0v) is 8.80. The Morgan fingerprint density at radius 3 is 2.69 bits per heavy atom. The van der Waals surface area contributed by atoms with E-state index in [2.05, 4.69) is 15.5 Å². The van der Waals surface area contributed by atoms with Crippen LogP contribution in [0.1, 0.15) is 22.1 Å². The Bertz CT molecular complexity index is 479. The number of hydrogen-bond acceptors (Lipinski definition) is 4. The number of rotatable bonds is 3. The second kappa shape index (κ2) is 4.57. The lowest BCUT2D eigenvalue weighted by Crippen LogP contribution is -2.23. The minimum absolute atomic E-state index is 0.00608. The Hall–Kier alpha value is -2.17. The summed E-state index contributed by atoms with van der Waals surface area (Å²) in [6.45, 7) is 2.09. The third-order valence-electron chi connectivity index (χ3n) is 2.02. The fourth-order valence-corrected chi connectivity index (χ4v) is 1.24. The number of benzene rings is 1. The van der Waals surface area contributed by atoms with Crippen molar-refractivity contribution in [3.05, 3.63) is 47.7 Å². The standard InChI is InChI=1S/C11H11N3O2/c1-8-13-14-11(16-8)10(15)12-7-9-5-3-2-4-6-9/h2-6H,7H2,1H3,(H,12,15). The van der Waals surface area contributed by atoms with Crippen LogP contribution in [0.3, 0.4) is 0 Å². The number of carbonyl (C=O) groups is 1. The minimum atomic E-state index is -0.357. The molecule has 1 N–H and O–H groups in total.